The molecule has 0 spiro atoms. The third kappa shape index (κ3) is 7.93. The van der Waals surface area contributed by atoms with E-state index in [0.29, 0.717) is 24.4 Å². The highest BCUT2D eigenvalue weighted by Gasteiger charge is 2.38. The Bertz CT molecular complexity index is 1770. The van der Waals surface area contributed by atoms with Gasteiger partial charge in [-0.3, -0.25) is 9.59 Å². The lowest BCUT2D eigenvalue weighted by molar-refractivity contribution is -0.138. The number of aromatic nitrogens is 4. The number of imidazole rings is 2. The zero-order valence-corrected chi connectivity index (χ0v) is 31.5. The molecule has 1 aromatic carbocycles. The molecule has 4 aliphatic rings. The van der Waals surface area contributed by atoms with Gasteiger partial charge in [0.2, 0.25) is 11.8 Å². The van der Waals surface area contributed by atoms with Gasteiger partial charge in [-0.25, -0.2) is 14.8 Å². The minimum atomic E-state index is -1.21. The molecule has 4 N–H and O–H groups in total. The number of amides is 3. The van der Waals surface area contributed by atoms with Crippen LogP contribution in [-0.2, 0) is 9.59 Å². The van der Waals surface area contributed by atoms with Crippen LogP contribution in [0.25, 0.3) is 16.8 Å². The number of aromatic amines is 2. The summed E-state index contributed by atoms with van der Waals surface area (Å²) in [6.45, 7) is 9.63. The third-order valence-electron chi connectivity index (χ3n) is 12.4. The number of nitrogens with zero attached hydrogens (tertiary/aromatic N) is 5. The molecule has 7 rings (SSSR count). The van der Waals surface area contributed by atoms with Crippen LogP contribution in [0.3, 0.4) is 0 Å². The summed E-state index contributed by atoms with van der Waals surface area (Å²) in [5.74, 6) is 2.30. The number of likely N-dealkylation sites (tertiary alicyclic amines) is 2. The molecule has 3 aromatic rings. The van der Waals surface area contributed by atoms with Gasteiger partial charge in [-0.15, -0.1) is 0 Å². The van der Waals surface area contributed by atoms with E-state index in [-0.39, 0.29) is 23.9 Å². The van der Waals surface area contributed by atoms with Crippen molar-refractivity contribution < 1.29 is 19.5 Å². The van der Waals surface area contributed by atoms with Crippen LogP contribution in [0.4, 0.5) is 4.79 Å². The summed E-state index contributed by atoms with van der Waals surface area (Å²) in [4.78, 5) is 60.7. The predicted molar refractivity (Wildman–Crippen MR) is 204 cm³/mol. The Labute approximate surface area is 312 Å². The van der Waals surface area contributed by atoms with Gasteiger partial charge in [0.15, 0.2) is 0 Å². The number of carbonyl (C=O) groups excluding carboxylic acids is 2. The predicted octanol–water partition coefficient (Wildman–Crippen LogP) is 7.03. The molecule has 2 aliphatic heterocycles. The van der Waals surface area contributed by atoms with E-state index in [1.54, 1.807) is 11.8 Å². The SMILES string of the molecule is CCN(CC)[C@H]1CC[C@@H](C(=O)N2CCC[C@H]2c2ncc(C3CC=C(c4ccc(-c5cnc([C@@H]6CCCN6C(=O)[C@H](C)NC(=O)O)[nH]5)cc4)CC3)[nH]2)CC1. The molecule has 2 aromatic heterocycles. The van der Waals surface area contributed by atoms with Crippen LogP contribution in [0, 0.1) is 5.92 Å². The van der Waals surface area contributed by atoms with E-state index < -0.39 is 12.1 Å². The molecule has 4 heterocycles. The molecule has 0 radical (unpaired) electrons. The third-order valence-corrected chi connectivity index (χ3v) is 12.4. The molecule has 3 fully saturated rings. The van der Waals surface area contributed by atoms with Gasteiger partial charge in [-0.2, -0.15) is 0 Å². The Kier molecular flexibility index (Phi) is 11.3. The molecular formula is C41H56N8O4. The first-order valence-electron chi connectivity index (χ1n) is 20.0. The number of nitrogens with one attached hydrogen (secondary N) is 3. The maximum atomic E-state index is 13.7. The number of allylic oxidation sites excluding steroid dienone is 2. The van der Waals surface area contributed by atoms with Crippen molar-refractivity contribution in [3.8, 4) is 11.3 Å². The topological polar surface area (TPSA) is 151 Å². The minimum absolute atomic E-state index is 0.0559. The normalized spacial score (nSPS) is 25.4. The first-order chi connectivity index (χ1) is 25.7. The van der Waals surface area contributed by atoms with Crippen LogP contribution >= 0.6 is 0 Å². The summed E-state index contributed by atoms with van der Waals surface area (Å²) < 4.78 is 0. The largest absolute Gasteiger partial charge is 0.465 e. The quantitative estimate of drug-likeness (QED) is 0.166. The number of rotatable bonds is 11. The summed E-state index contributed by atoms with van der Waals surface area (Å²) in [6.07, 6.45) is 15.8. The summed E-state index contributed by atoms with van der Waals surface area (Å²) in [7, 11) is 0. The Morgan fingerprint density at radius 2 is 1.51 bits per heavy atom. The van der Waals surface area contributed by atoms with Crippen molar-refractivity contribution in [2.75, 3.05) is 26.2 Å². The Hall–Kier alpha value is -4.45. The van der Waals surface area contributed by atoms with E-state index in [4.69, 9.17) is 10.1 Å². The van der Waals surface area contributed by atoms with Gasteiger partial charge in [-0.1, -0.05) is 44.2 Å². The second kappa shape index (κ2) is 16.3. The second-order valence-corrected chi connectivity index (χ2v) is 15.5. The average Bonchev–Trinajstić information content (AvgIpc) is 4.02. The first-order valence-corrected chi connectivity index (χ1v) is 20.0. The fourth-order valence-electron chi connectivity index (χ4n) is 9.41. The van der Waals surface area contributed by atoms with Gasteiger partial charge in [0.25, 0.3) is 0 Å². The van der Waals surface area contributed by atoms with Gasteiger partial charge < -0.3 is 35.1 Å². The van der Waals surface area contributed by atoms with Crippen LogP contribution in [0.2, 0.25) is 0 Å². The molecule has 1 saturated carbocycles. The van der Waals surface area contributed by atoms with Crippen LogP contribution in [0.5, 0.6) is 0 Å². The van der Waals surface area contributed by atoms with Crippen LogP contribution in [0.1, 0.15) is 132 Å². The minimum Gasteiger partial charge on any atom is -0.465 e. The second-order valence-electron chi connectivity index (χ2n) is 15.5. The molecule has 2 saturated heterocycles. The Morgan fingerprint density at radius 1 is 0.868 bits per heavy atom. The molecule has 12 nitrogen and oxygen atoms in total. The molecule has 1 unspecified atom stereocenters. The van der Waals surface area contributed by atoms with E-state index in [2.05, 4.69) is 74.3 Å². The lowest BCUT2D eigenvalue weighted by Gasteiger charge is -2.37. The highest BCUT2D eigenvalue weighted by atomic mass is 16.4. The molecule has 0 bridgehead atoms. The smallest absolute Gasteiger partial charge is 0.405 e. The van der Waals surface area contributed by atoms with Gasteiger partial charge >= 0.3 is 6.09 Å². The standard InChI is InChI=1S/C41H56N8O4/c1-4-47(5-2)32-20-18-31(19-21-32)40(51)49-23-7-9-36(49)38-43-25-34(46-38)30-16-12-28(13-17-30)27-10-14-29(15-11-27)33-24-42-37(45-33)35-8-6-22-48(35)39(50)26(3)44-41(52)53/h10-12,14-15,24-26,30-32,35-36,44H,4-9,13,16-23H2,1-3H3,(H,42,45)(H,43,46)(H,52,53)/t26-,30?,31-,32+,35-,36-/m0/s1. The zero-order chi connectivity index (χ0) is 37.1. The molecule has 53 heavy (non-hydrogen) atoms. The van der Waals surface area contributed by atoms with Gasteiger partial charge in [-0.05, 0) is 107 Å². The summed E-state index contributed by atoms with van der Waals surface area (Å²) in [5.41, 5.74) is 5.66. The van der Waals surface area contributed by atoms with E-state index in [0.717, 1.165) is 113 Å². The molecule has 4 atom stereocenters. The average molecular weight is 725 g/mol. The van der Waals surface area contributed by atoms with Crippen molar-refractivity contribution in [3.05, 3.63) is 65.6 Å². The van der Waals surface area contributed by atoms with Crippen LogP contribution in [0.15, 0.2) is 42.7 Å². The van der Waals surface area contributed by atoms with Crippen LogP contribution < -0.4 is 5.32 Å². The molecule has 2 aliphatic carbocycles. The van der Waals surface area contributed by atoms with Crippen molar-refractivity contribution in [2.45, 2.75) is 121 Å². The highest BCUT2D eigenvalue weighted by molar-refractivity contribution is 5.85. The van der Waals surface area contributed by atoms with E-state index >= 15 is 0 Å². The van der Waals surface area contributed by atoms with Crippen LogP contribution in [-0.4, -0.2) is 95.9 Å². The van der Waals surface area contributed by atoms with Crippen molar-refractivity contribution in [3.63, 3.8) is 0 Å². The fourth-order valence-corrected chi connectivity index (χ4v) is 9.41. The van der Waals surface area contributed by atoms with Crippen molar-refractivity contribution in [2.24, 2.45) is 5.92 Å². The molecule has 284 valence electrons. The van der Waals surface area contributed by atoms with E-state index in [1.807, 2.05) is 12.4 Å². The molecular weight excluding hydrogens is 669 g/mol. The van der Waals surface area contributed by atoms with Gasteiger partial charge in [0.05, 0.1) is 24.0 Å². The molecule has 12 heteroatoms. The van der Waals surface area contributed by atoms with Gasteiger partial charge in [0, 0.05) is 42.9 Å². The van der Waals surface area contributed by atoms with Gasteiger partial charge in [0.1, 0.15) is 17.7 Å². The van der Waals surface area contributed by atoms with Crippen molar-refractivity contribution >= 4 is 23.5 Å². The highest BCUT2D eigenvalue weighted by Crippen LogP contribution is 2.39. The number of H-pyrrole nitrogens is 2. The monoisotopic (exact) mass is 724 g/mol. The fraction of sp³-hybridized carbons (Fsp3) is 0.585. The van der Waals surface area contributed by atoms with Crippen molar-refractivity contribution in [1.29, 1.82) is 0 Å². The maximum absolute atomic E-state index is 13.7. The first kappa shape index (κ1) is 36.9. The summed E-state index contributed by atoms with van der Waals surface area (Å²) in [5, 5.41) is 11.3. The Balaban J connectivity index is 0.937. The zero-order valence-electron chi connectivity index (χ0n) is 31.5. The Morgan fingerprint density at radius 3 is 2.17 bits per heavy atom. The van der Waals surface area contributed by atoms with Crippen molar-refractivity contribution in [1.82, 2.24) is 40.0 Å². The summed E-state index contributed by atoms with van der Waals surface area (Å²) in [6, 6.07) is 8.23. The van der Waals surface area contributed by atoms with E-state index in [9.17, 15) is 14.4 Å². The lowest BCUT2D eigenvalue weighted by atomic mass is 9.84. The number of hydrogen-bond donors (Lipinski definition) is 4. The number of hydrogen-bond acceptors (Lipinski definition) is 6. The lowest BCUT2D eigenvalue weighted by Crippen LogP contribution is -2.46. The number of carbonyl (C=O) groups is 3. The molecule has 3 amide bonds. The number of benzene rings is 1. The maximum Gasteiger partial charge on any atom is 0.405 e. The van der Waals surface area contributed by atoms with E-state index in [1.165, 1.54) is 16.8 Å². The number of carboxylic acid groups (broad SMARTS) is 1. The summed E-state index contributed by atoms with van der Waals surface area (Å²) >= 11 is 0.